The average Bonchev–Trinajstić information content (AvgIpc) is 2.59. The first kappa shape index (κ1) is 13.8. The summed E-state index contributed by atoms with van der Waals surface area (Å²) in [6.45, 7) is 1.85. The Morgan fingerprint density at radius 2 is 1.78 bits per heavy atom. The van der Waals surface area contributed by atoms with Crippen molar-refractivity contribution < 1.29 is 4.74 Å². The molecule has 0 aliphatic carbocycles. The Hall–Kier alpha value is -0.600. The van der Waals surface area contributed by atoms with Gasteiger partial charge in [-0.25, -0.2) is 14.6 Å². The first-order valence-electron chi connectivity index (χ1n) is 4.92. The average molecular weight is 399 g/mol. The van der Waals surface area contributed by atoms with Crippen LogP contribution < -0.4 is 4.74 Å². The fraction of sp³-hybridized carbons (Fsp3) is 0.300. The van der Waals surface area contributed by atoms with Gasteiger partial charge in [0.1, 0.15) is 15.9 Å². The number of nitrogens with zero attached hydrogens (tertiary/aromatic N) is 4. The van der Waals surface area contributed by atoms with Gasteiger partial charge in [-0.05, 0) is 29.5 Å². The molecular weight excluding hydrogens is 390 g/mol. The normalized spacial score (nSPS) is 10.8. The standard InChI is InChI=1S/C10H9Cl2IN4O/c1-4-5(10(18-3)17(2)16-4)9-14-7(11)6(13)8(12)15-9/h1-3H3. The molecular formula is C10H9Cl2IN4O. The van der Waals surface area contributed by atoms with Crippen molar-refractivity contribution in [3.05, 3.63) is 19.6 Å². The van der Waals surface area contributed by atoms with Gasteiger partial charge in [0, 0.05) is 7.05 Å². The number of aromatic nitrogens is 4. The van der Waals surface area contributed by atoms with E-state index >= 15 is 0 Å². The largest absolute Gasteiger partial charge is 0.481 e. The summed E-state index contributed by atoms with van der Waals surface area (Å²) >= 11 is 14.0. The molecule has 96 valence electrons. The third-order valence-corrected chi connectivity index (χ3v) is 4.56. The van der Waals surface area contributed by atoms with E-state index in [4.69, 9.17) is 27.9 Å². The summed E-state index contributed by atoms with van der Waals surface area (Å²) in [6.07, 6.45) is 0. The Kier molecular flexibility index (Phi) is 3.98. The van der Waals surface area contributed by atoms with Gasteiger partial charge in [0.15, 0.2) is 5.82 Å². The van der Waals surface area contributed by atoms with Gasteiger partial charge >= 0.3 is 0 Å². The molecule has 18 heavy (non-hydrogen) atoms. The van der Waals surface area contributed by atoms with Crippen molar-refractivity contribution in [2.24, 2.45) is 7.05 Å². The fourth-order valence-electron chi connectivity index (χ4n) is 1.63. The number of halogens is 3. The van der Waals surface area contributed by atoms with Crippen molar-refractivity contribution in [2.45, 2.75) is 6.92 Å². The minimum Gasteiger partial charge on any atom is -0.481 e. The SMILES string of the molecule is COc1c(-c2nc(Cl)c(I)c(Cl)n2)c(C)nn1C. The molecule has 0 aromatic carbocycles. The van der Waals surface area contributed by atoms with Gasteiger partial charge in [0.05, 0.1) is 16.4 Å². The van der Waals surface area contributed by atoms with Crippen molar-refractivity contribution in [1.29, 1.82) is 0 Å². The Labute approximate surface area is 128 Å². The molecule has 0 aliphatic heterocycles. The summed E-state index contributed by atoms with van der Waals surface area (Å²) in [4.78, 5) is 8.43. The van der Waals surface area contributed by atoms with E-state index in [0.29, 0.717) is 31.1 Å². The predicted octanol–water partition coefficient (Wildman–Crippen LogP) is 3.11. The van der Waals surface area contributed by atoms with Crippen LogP contribution in [0.3, 0.4) is 0 Å². The molecule has 0 unspecified atom stereocenters. The van der Waals surface area contributed by atoms with Crippen molar-refractivity contribution in [3.8, 4) is 17.3 Å². The number of methoxy groups -OCH3 is 1. The summed E-state index contributed by atoms with van der Waals surface area (Å²) in [5.74, 6) is 0.980. The Morgan fingerprint density at radius 3 is 2.28 bits per heavy atom. The zero-order valence-electron chi connectivity index (χ0n) is 9.83. The Bertz CT molecular complexity index is 591. The zero-order valence-corrected chi connectivity index (χ0v) is 13.5. The van der Waals surface area contributed by atoms with Crippen molar-refractivity contribution in [1.82, 2.24) is 19.7 Å². The molecule has 2 aromatic heterocycles. The molecule has 0 saturated carbocycles. The molecule has 0 spiro atoms. The van der Waals surface area contributed by atoms with E-state index in [0.717, 1.165) is 5.69 Å². The zero-order chi connectivity index (χ0) is 13.4. The van der Waals surface area contributed by atoms with Gasteiger partial charge in [-0.1, -0.05) is 23.2 Å². The van der Waals surface area contributed by atoms with Gasteiger partial charge in [0.2, 0.25) is 5.88 Å². The van der Waals surface area contributed by atoms with E-state index in [1.54, 1.807) is 18.8 Å². The Morgan fingerprint density at radius 1 is 1.22 bits per heavy atom. The highest BCUT2D eigenvalue weighted by Gasteiger charge is 2.20. The van der Waals surface area contributed by atoms with Crippen LogP contribution in [0.2, 0.25) is 10.3 Å². The summed E-state index contributed by atoms with van der Waals surface area (Å²) in [5, 5.41) is 4.89. The highest BCUT2D eigenvalue weighted by molar-refractivity contribution is 14.1. The molecule has 0 fully saturated rings. The number of ether oxygens (including phenoxy) is 1. The number of hydrogen-bond donors (Lipinski definition) is 0. The van der Waals surface area contributed by atoms with Crippen LogP contribution in [0.1, 0.15) is 5.69 Å². The molecule has 0 N–H and O–H groups in total. The lowest BCUT2D eigenvalue weighted by Crippen LogP contribution is -1.98. The minimum atomic E-state index is 0.316. The molecule has 2 heterocycles. The smallest absolute Gasteiger partial charge is 0.222 e. The lowest BCUT2D eigenvalue weighted by Gasteiger charge is -2.05. The van der Waals surface area contributed by atoms with E-state index in [9.17, 15) is 0 Å². The highest BCUT2D eigenvalue weighted by Crippen LogP contribution is 2.33. The van der Waals surface area contributed by atoms with E-state index in [1.807, 2.05) is 29.5 Å². The number of aryl methyl sites for hydroxylation is 2. The summed E-state index contributed by atoms with van der Waals surface area (Å²) < 4.78 is 7.54. The third-order valence-electron chi connectivity index (χ3n) is 2.36. The quantitative estimate of drug-likeness (QED) is 0.576. The Balaban J connectivity index is 2.69. The molecule has 2 rings (SSSR count). The maximum Gasteiger partial charge on any atom is 0.222 e. The maximum absolute atomic E-state index is 6.01. The highest BCUT2D eigenvalue weighted by atomic mass is 127. The van der Waals surface area contributed by atoms with Crippen LogP contribution in [0.4, 0.5) is 0 Å². The van der Waals surface area contributed by atoms with Gasteiger partial charge in [-0.15, -0.1) is 0 Å². The van der Waals surface area contributed by atoms with Crippen LogP contribution in [0.25, 0.3) is 11.4 Å². The minimum absolute atomic E-state index is 0.316. The first-order valence-corrected chi connectivity index (χ1v) is 6.75. The third kappa shape index (κ3) is 2.28. The molecule has 5 nitrogen and oxygen atoms in total. The predicted molar refractivity (Wildman–Crippen MR) is 78.3 cm³/mol. The maximum atomic E-state index is 6.01. The van der Waals surface area contributed by atoms with Crippen LogP contribution in [-0.4, -0.2) is 26.9 Å². The molecule has 0 atom stereocenters. The van der Waals surface area contributed by atoms with Crippen molar-refractivity contribution in [3.63, 3.8) is 0 Å². The molecule has 8 heteroatoms. The monoisotopic (exact) mass is 398 g/mol. The molecule has 0 bridgehead atoms. The summed E-state index contributed by atoms with van der Waals surface area (Å²) in [7, 11) is 3.35. The van der Waals surface area contributed by atoms with Crippen molar-refractivity contribution in [2.75, 3.05) is 7.11 Å². The second-order valence-corrected chi connectivity index (χ2v) is 5.33. The first-order chi connectivity index (χ1) is 8.45. The number of hydrogen-bond acceptors (Lipinski definition) is 4. The fourth-order valence-corrected chi connectivity index (χ4v) is 2.26. The molecule has 0 radical (unpaired) electrons. The molecule has 0 aliphatic rings. The van der Waals surface area contributed by atoms with Gasteiger partial charge in [-0.3, -0.25) is 0 Å². The van der Waals surface area contributed by atoms with E-state index in [-0.39, 0.29) is 0 Å². The molecule has 0 amide bonds. The van der Waals surface area contributed by atoms with Gasteiger partial charge < -0.3 is 4.74 Å². The van der Waals surface area contributed by atoms with Crippen LogP contribution >= 0.6 is 45.8 Å². The van der Waals surface area contributed by atoms with E-state index in [1.165, 1.54) is 0 Å². The second kappa shape index (κ2) is 5.18. The van der Waals surface area contributed by atoms with Gasteiger partial charge in [0.25, 0.3) is 0 Å². The van der Waals surface area contributed by atoms with Crippen LogP contribution in [0, 0.1) is 10.5 Å². The number of rotatable bonds is 2. The van der Waals surface area contributed by atoms with E-state index in [2.05, 4.69) is 15.1 Å². The molecule has 2 aromatic rings. The second-order valence-electron chi connectivity index (χ2n) is 3.54. The summed E-state index contributed by atoms with van der Waals surface area (Å²) in [6, 6.07) is 0. The van der Waals surface area contributed by atoms with E-state index < -0.39 is 0 Å². The molecule has 0 saturated heterocycles. The van der Waals surface area contributed by atoms with Crippen molar-refractivity contribution >= 4 is 45.8 Å². The van der Waals surface area contributed by atoms with Crippen LogP contribution in [0.15, 0.2) is 0 Å². The van der Waals surface area contributed by atoms with Crippen LogP contribution in [-0.2, 0) is 7.05 Å². The lowest BCUT2D eigenvalue weighted by atomic mass is 10.2. The van der Waals surface area contributed by atoms with Gasteiger partial charge in [-0.2, -0.15) is 5.10 Å². The topological polar surface area (TPSA) is 52.8 Å². The van der Waals surface area contributed by atoms with Crippen LogP contribution in [0.5, 0.6) is 5.88 Å². The lowest BCUT2D eigenvalue weighted by molar-refractivity contribution is 0.374. The summed E-state index contributed by atoms with van der Waals surface area (Å²) in [5.41, 5.74) is 1.45.